The fourth-order valence-corrected chi connectivity index (χ4v) is 2.71. The first-order valence-electron chi connectivity index (χ1n) is 6.97. The Bertz CT molecular complexity index is 155. The van der Waals surface area contributed by atoms with Gasteiger partial charge in [0, 0.05) is 19.2 Å². The van der Waals surface area contributed by atoms with Crippen LogP contribution in [0.3, 0.4) is 0 Å². The maximum atomic E-state index is 5.80. The highest BCUT2D eigenvalue weighted by Gasteiger charge is 2.14. The number of rotatable bonds is 5. The van der Waals surface area contributed by atoms with Gasteiger partial charge >= 0.3 is 0 Å². The smallest absolute Gasteiger partial charge is 0.0506 e. The third kappa shape index (κ3) is 4.40. The van der Waals surface area contributed by atoms with E-state index in [1.165, 1.54) is 51.6 Å². The van der Waals surface area contributed by atoms with Crippen LogP contribution in [-0.2, 0) is 4.74 Å². The predicted molar refractivity (Wildman–Crippen MR) is 66.7 cm³/mol. The quantitative estimate of drug-likeness (QED) is 0.698. The Morgan fingerprint density at radius 3 is 2.81 bits per heavy atom. The predicted octanol–water partition coefficient (Wildman–Crippen LogP) is 1.53. The van der Waals surface area contributed by atoms with Gasteiger partial charge in [-0.05, 0) is 51.1 Å². The molecular weight excluding hydrogens is 200 g/mol. The zero-order chi connectivity index (χ0) is 11.1. The van der Waals surface area contributed by atoms with Gasteiger partial charge in [-0.15, -0.1) is 0 Å². The number of piperidine rings is 2. The van der Waals surface area contributed by atoms with Crippen LogP contribution in [-0.4, -0.2) is 38.9 Å². The molecule has 2 N–H and O–H groups in total. The lowest BCUT2D eigenvalue weighted by Gasteiger charge is -2.25. The monoisotopic (exact) mass is 226 g/mol. The second-order valence-electron chi connectivity index (χ2n) is 5.22. The molecule has 3 nitrogen and oxygen atoms in total. The third-order valence-corrected chi connectivity index (χ3v) is 3.78. The summed E-state index contributed by atoms with van der Waals surface area (Å²) < 4.78 is 5.80. The van der Waals surface area contributed by atoms with E-state index in [0.717, 1.165) is 31.7 Å². The second-order valence-corrected chi connectivity index (χ2v) is 5.22. The summed E-state index contributed by atoms with van der Waals surface area (Å²) in [5.74, 6) is 0.757. The zero-order valence-electron chi connectivity index (χ0n) is 10.3. The molecule has 94 valence electrons. The minimum Gasteiger partial charge on any atom is -0.381 e. The summed E-state index contributed by atoms with van der Waals surface area (Å²) in [6, 6.07) is 0.721. The Balaban J connectivity index is 1.47. The van der Waals surface area contributed by atoms with E-state index in [4.69, 9.17) is 4.74 Å². The van der Waals surface area contributed by atoms with E-state index in [2.05, 4.69) is 10.6 Å². The molecule has 0 radical (unpaired) electrons. The molecule has 2 atom stereocenters. The van der Waals surface area contributed by atoms with E-state index < -0.39 is 0 Å². The second kappa shape index (κ2) is 7.25. The van der Waals surface area contributed by atoms with Gasteiger partial charge in [-0.2, -0.15) is 0 Å². The molecule has 2 unspecified atom stereocenters. The van der Waals surface area contributed by atoms with Gasteiger partial charge in [0.05, 0.1) is 6.61 Å². The molecule has 3 heteroatoms. The molecule has 0 amide bonds. The van der Waals surface area contributed by atoms with E-state index in [-0.39, 0.29) is 0 Å². The van der Waals surface area contributed by atoms with Crippen molar-refractivity contribution in [3.63, 3.8) is 0 Å². The Morgan fingerprint density at radius 1 is 1.06 bits per heavy atom. The highest BCUT2D eigenvalue weighted by molar-refractivity contribution is 4.72. The van der Waals surface area contributed by atoms with Crippen molar-refractivity contribution in [2.45, 2.75) is 44.6 Å². The molecule has 0 aliphatic carbocycles. The molecule has 0 bridgehead atoms. The highest BCUT2D eigenvalue weighted by Crippen LogP contribution is 2.12. The van der Waals surface area contributed by atoms with Crippen LogP contribution in [0.4, 0.5) is 0 Å². The Kier molecular flexibility index (Phi) is 5.59. The van der Waals surface area contributed by atoms with Gasteiger partial charge < -0.3 is 15.4 Å². The van der Waals surface area contributed by atoms with Gasteiger partial charge in [-0.1, -0.05) is 6.42 Å². The van der Waals surface area contributed by atoms with Crippen LogP contribution in [0.15, 0.2) is 0 Å². The summed E-state index contributed by atoms with van der Waals surface area (Å²) in [5.41, 5.74) is 0. The van der Waals surface area contributed by atoms with Crippen molar-refractivity contribution in [1.29, 1.82) is 0 Å². The lowest BCUT2D eigenvalue weighted by Crippen LogP contribution is -2.35. The van der Waals surface area contributed by atoms with Gasteiger partial charge in [-0.3, -0.25) is 0 Å². The van der Waals surface area contributed by atoms with Crippen molar-refractivity contribution in [3.8, 4) is 0 Å². The van der Waals surface area contributed by atoms with Gasteiger partial charge in [0.1, 0.15) is 0 Å². The van der Waals surface area contributed by atoms with Crippen LogP contribution in [0, 0.1) is 5.92 Å². The minimum absolute atomic E-state index is 0.721. The van der Waals surface area contributed by atoms with Gasteiger partial charge in [0.15, 0.2) is 0 Å². The SMILES string of the molecule is C1CCC(CCOCC2CCCNC2)NC1. The zero-order valence-corrected chi connectivity index (χ0v) is 10.3. The summed E-state index contributed by atoms with van der Waals surface area (Å²) in [7, 11) is 0. The normalized spacial score (nSPS) is 31.5. The third-order valence-electron chi connectivity index (χ3n) is 3.78. The van der Waals surface area contributed by atoms with Crippen LogP contribution in [0.5, 0.6) is 0 Å². The summed E-state index contributed by atoms with van der Waals surface area (Å²) in [6.07, 6.45) is 7.94. The Morgan fingerprint density at radius 2 is 2.06 bits per heavy atom. The van der Waals surface area contributed by atoms with E-state index in [0.29, 0.717) is 0 Å². The molecule has 0 aromatic rings. The van der Waals surface area contributed by atoms with E-state index >= 15 is 0 Å². The van der Waals surface area contributed by atoms with Crippen LogP contribution in [0.2, 0.25) is 0 Å². The van der Waals surface area contributed by atoms with Crippen molar-refractivity contribution >= 4 is 0 Å². The summed E-state index contributed by atoms with van der Waals surface area (Å²) in [4.78, 5) is 0. The average Bonchev–Trinajstić information content (AvgIpc) is 2.37. The fraction of sp³-hybridized carbons (Fsp3) is 1.00. The molecule has 2 aliphatic rings. The molecule has 2 fully saturated rings. The van der Waals surface area contributed by atoms with Crippen molar-refractivity contribution in [2.24, 2.45) is 5.92 Å². The maximum absolute atomic E-state index is 5.80. The largest absolute Gasteiger partial charge is 0.381 e. The number of hydrogen-bond acceptors (Lipinski definition) is 3. The minimum atomic E-state index is 0.721. The van der Waals surface area contributed by atoms with Crippen LogP contribution >= 0.6 is 0 Å². The fourth-order valence-electron chi connectivity index (χ4n) is 2.71. The van der Waals surface area contributed by atoms with Gasteiger partial charge in [-0.25, -0.2) is 0 Å². The first-order chi connectivity index (χ1) is 7.95. The van der Waals surface area contributed by atoms with Gasteiger partial charge in [0.25, 0.3) is 0 Å². The molecule has 2 saturated heterocycles. The Labute approximate surface area is 99.3 Å². The number of nitrogens with one attached hydrogen (secondary N) is 2. The van der Waals surface area contributed by atoms with Crippen molar-refractivity contribution in [1.82, 2.24) is 10.6 Å². The molecule has 0 spiro atoms. The summed E-state index contributed by atoms with van der Waals surface area (Å²) in [6.45, 7) is 5.45. The van der Waals surface area contributed by atoms with Crippen LogP contribution in [0.25, 0.3) is 0 Å². The molecular formula is C13H26N2O. The molecule has 0 aromatic carbocycles. The van der Waals surface area contributed by atoms with Gasteiger partial charge in [0.2, 0.25) is 0 Å². The molecule has 16 heavy (non-hydrogen) atoms. The number of ether oxygens (including phenoxy) is 1. The molecule has 2 heterocycles. The summed E-state index contributed by atoms with van der Waals surface area (Å²) >= 11 is 0. The van der Waals surface area contributed by atoms with E-state index in [1.807, 2.05) is 0 Å². The molecule has 2 rings (SSSR count). The van der Waals surface area contributed by atoms with Crippen molar-refractivity contribution < 1.29 is 4.74 Å². The lowest BCUT2D eigenvalue weighted by atomic mass is 10.0. The van der Waals surface area contributed by atoms with E-state index in [9.17, 15) is 0 Å². The molecule has 2 aliphatic heterocycles. The topological polar surface area (TPSA) is 33.3 Å². The van der Waals surface area contributed by atoms with Crippen molar-refractivity contribution in [2.75, 3.05) is 32.8 Å². The van der Waals surface area contributed by atoms with Crippen LogP contribution in [0.1, 0.15) is 38.5 Å². The molecule has 0 saturated carbocycles. The van der Waals surface area contributed by atoms with E-state index in [1.54, 1.807) is 0 Å². The highest BCUT2D eigenvalue weighted by atomic mass is 16.5. The lowest BCUT2D eigenvalue weighted by molar-refractivity contribution is 0.0812. The Hall–Kier alpha value is -0.120. The first kappa shape index (κ1) is 12.3. The summed E-state index contributed by atoms with van der Waals surface area (Å²) in [5, 5.41) is 7.00. The average molecular weight is 226 g/mol. The standard InChI is InChI=1S/C13H26N2O/c1-2-8-15-13(5-1)6-9-16-11-12-4-3-7-14-10-12/h12-15H,1-11H2. The van der Waals surface area contributed by atoms with Crippen LogP contribution < -0.4 is 10.6 Å². The first-order valence-corrected chi connectivity index (χ1v) is 6.97. The van der Waals surface area contributed by atoms with Crippen molar-refractivity contribution in [3.05, 3.63) is 0 Å². The maximum Gasteiger partial charge on any atom is 0.0506 e. The number of hydrogen-bond donors (Lipinski definition) is 2. The molecule has 0 aromatic heterocycles.